The Labute approximate surface area is 184 Å². The number of benzene rings is 2. The molecule has 8 heteroatoms. The van der Waals surface area contributed by atoms with Crippen LogP contribution in [0.4, 0.5) is 0 Å². The first-order chi connectivity index (χ1) is 15.0. The molecule has 0 aliphatic heterocycles. The molecule has 31 heavy (non-hydrogen) atoms. The Bertz CT molecular complexity index is 1110. The van der Waals surface area contributed by atoms with Gasteiger partial charge in [-0.1, -0.05) is 19.1 Å². The van der Waals surface area contributed by atoms with Crippen molar-refractivity contribution in [3.63, 3.8) is 0 Å². The molecular weight excluding hydrogens is 418 g/mol. The van der Waals surface area contributed by atoms with Crippen molar-refractivity contribution in [2.24, 2.45) is 0 Å². The Hall–Kier alpha value is -3.26. The molecule has 0 bridgehead atoms. The van der Waals surface area contributed by atoms with Gasteiger partial charge in [-0.25, -0.2) is 14.6 Å². The highest BCUT2D eigenvalue weighted by molar-refractivity contribution is 7.99. The van der Waals surface area contributed by atoms with Gasteiger partial charge in [0, 0.05) is 10.9 Å². The van der Waals surface area contributed by atoms with Crippen molar-refractivity contribution in [3.8, 4) is 11.5 Å². The van der Waals surface area contributed by atoms with Crippen LogP contribution in [0, 0.1) is 0 Å². The van der Waals surface area contributed by atoms with Crippen molar-refractivity contribution >= 4 is 34.6 Å². The smallest absolute Gasteiger partial charge is 0.344 e. The second-order valence-electron chi connectivity index (χ2n) is 6.37. The maximum Gasteiger partial charge on any atom is 0.344 e. The largest absolute Gasteiger partial charge is 0.496 e. The molecule has 2 aromatic carbocycles. The van der Waals surface area contributed by atoms with Crippen LogP contribution in [-0.4, -0.2) is 44.0 Å². The third-order valence-electron chi connectivity index (χ3n) is 4.56. The Morgan fingerprint density at radius 1 is 1.00 bits per heavy atom. The van der Waals surface area contributed by atoms with E-state index in [9.17, 15) is 9.59 Å². The molecule has 0 N–H and O–H groups in total. The quantitative estimate of drug-likeness (QED) is 0.373. The third-order valence-corrected chi connectivity index (χ3v) is 5.41. The van der Waals surface area contributed by atoms with E-state index in [-0.39, 0.29) is 12.2 Å². The van der Waals surface area contributed by atoms with Gasteiger partial charge in [-0.2, -0.15) is 0 Å². The van der Waals surface area contributed by atoms with E-state index in [4.69, 9.17) is 18.9 Å². The van der Waals surface area contributed by atoms with Gasteiger partial charge in [0.05, 0.1) is 32.4 Å². The number of rotatable bonds is 8. The number of ether oxygens (including phenoxy) is 4. The number of carbonyl (C=O) groups excluding carboxylic acids is 2. The predicted molar refractivity (Wildman–Crippen MR) is 118 cm³/mol. The zero-order valence-electron chi connectivity index (χ0n) is 17.8. The molecule has 0 fully saturated rings. The highest BCUT2D eigenvalue weighted by Gasteiger charge is 2.24. The minimum Gasteiger partial charge on any atom is -0.496 e. The lowest BCUT2D eigenvalue weighted by molar-refractivity contribution is 0.0586. The van der Waals surface area contributed by atoms with Crippen molar-refractivity contribution in [1.29, 1.82) is 0 Å². The highest BCUT2D eigenvalue weighted by Crippen LogP contribution is 2.37. The van der Waals surface area contributed by atoms with E-state index in [1.165, 1.54) is 33.1 Å². The van der Waals surface area contributed by atoms with Crippen LogP contribution in [0.25, 0.3) is 10.9 Å². The minimum absolute atomic E-state index is 0.0578. The number of aromatic nitrogens is 1. The fourth-order valence-electron chi connectivity index (χ4n) is 3.12. The molecule has 0 aliphatic rings. The lowest BCUT2D eigenvalue weighted by Crippen LogP contribution is -2.11. The maximum atomic E-state index is 12.6. The third kappa shape index (κ3) is 4.74. The summed E-state index contributed by atoms with van der Waals surface area (Å²) in [5.74, 6) is 0.659. The minimum atomic E-state index is -0.528. The monoisotopic (exact) mass is 441 g/mol. The van der Waals surface area contributed by atoms with Crippen molar-refractivity contribution in [3.05, 3.63) is 59.2 Å². The predicted octanol–water partition coefficient (Wildman–Crippen LogP) is 4.51. The summed E-state index contributed by atoms with van der Waals surface area (Å²) in [4.78, 5) is 29.2. The number of hydrogen-bond donors (Lipinski definition) is 0. The molecule has 162 valence electrons. The maximum absolute atomic E-state index is 12.6. The van der Waals surface area contributed by atoms with E-state index >= 15 is 0 Å². The normalized spacial score (nSPS) is 10.6. The number of hydrogen-bond acceptors (Lipinski definition) is 8. The molecule has 0 radical (unpaired) electrons. The summed E-state index contributed by atoms with van der Waals surface area (Å²) in [7, 11) is 4.18. The van der Waals surface area contributed by atoms with Crippen molar-refractivity contribution < 1.29 is 28.5 Å². The fraction of sp³-hybridized carbons (Fsp3) is 0.261. The average Bonchev–Trinajstić information content (AvgIpc) is 2.81. The van der Waals surface area contributed by atoms with Crippen LogP contribution in [0.1, 0.15) is 33.2 Å². The molecule has 0 spiro atoms. The first-order valence-corrected chi connectivity index (χ1v) is 10.5. The standard InChI is InChI=1S/C23H23NO6S/c1-5-31-21-19(23(26)29-4)20(16-8-6-7-9-17(16)24-21)30-13-15-12-14(22(25)28-3)10-11-18(15)27-2/h6-12H,5,13H2,1-4H3. The lowest BCUT2D eigenvalue weighted by atomic mass is 10.1. The van der Waals surface area contributed by atoms with Gasteiger partial charge < -0.3 is 18.9 Å². The Morgan fingerprint density at radius 2 is 1.74 bits per heavy atom. The number of para-hydroxylation sites is 1. The topological polar surface area (TPSA) is 84.0 Å². The molecule has 0 amide bonds. The number of nitrogens with zero attached hydrogens (tertiary/aromatic N) is 1. The van der Waals surface area contributed by atoms with Crippen LogP contribution >= 0.6 is 11.8 Å². The Balaban J connectivity index is 2.10. The van der Waals surface area contributed by atoms with E-state index in [2.05, 4.69) is 4.98 Å². The molecule has 0 atom stereocenters. The van der Waals surface area contributed by atoms with Gasteiger partial charge in [-0.3, -0.25) is 0 Å². The van der Waals surface area contributed by atoms with Crippen LogP contribution in [0.15, 0.2) is 47.5 Å². The van der Waals surface area contributed by atoms with E-state index < -0.39 is 11.9 Å². The van der Waals surface area contributed by atoms with Crippen LogP contribution in [-0.2, 0) is 16.1 Å². The number of esters is 2. The number of fused-ring (bicyclic) bond motifs is 1. The van der Waals surface area contributed by atoms with Gasteiger partial charge in [0.1, 0.15) is 28.7 Å². The van der Waals surface area contributed by atoms with Crippen LogP contribution in [0.3, 0.4) is 0 Å². The molecule has 0 saturated heterocycles. The molecule has 3 rings (SSSR count). The van der Waals surface area contributed by atoms with Gasteiger partial charge in [-0.15, -0.1) is 11.8 Å². The van der Waals surface area contributed by atoms with Crippen LogP contribution in [0.2, 0.25) is 0 Å². The number of pyridine rings is 1. The summed E-state index contributed by atoms with van der Waals surface area (Å²) in [6.45, 7) is 2.04. The van der Waals surface area contributed by atoms with Gasteiger partial charge in [0.2, 0.25) is 0 Å². The summed E-state index contributed by atoms with van der Waals surface area (Å²) in [5.41, 5.74) is 1.98. The summed E-state index contributed by atoms with van der Waals surface area (Å²) in [6.07, 6.45) is 0. The summed E-state index contributed by atoms with van der Waals surface area (Å²) < 4.78 is 21.4. The molecular formula is C23H23NO6S. The number of methoxy groups -OCH3 is 3. The Kier molecular flexibility index (Phi) is 7.36. The second kappa shape index (κ2) is 10.2. The molecule has 0 unspecified atom stereocenters. The molecule has 1 heterocycles. The van der Waals surface area contributed by atoms with Crippen molar-refractivity contribution in [2.75, 3.05) is 27.1 Å². The van der Waals surface area contributed by atoms with Gasteiger partial charge in [-0.05, 0) is 36.1 Å². The van der Waals surface area contributed by atoms with Crippen LogP contribution in [0.5, 0.6) is 11.5 Å². The molecule has 7 nitrogen and oxygen atoms in total. The summed E-state index contributed by atoms with van der Waals surface area (Å²) in [6, 6.07) is 12.4. The average molecular weight is 442 g/mol. The van der Waals surface area contributed by atoms with E-state index in [1.807, 2.05) is 31.2 Å². The van der Waals surface area contributed by atoms with E-state index in [0.717, 1.165) is 5.75 Å². The first-order valence-electron chi connectivity index (χ1n) is 9.55. The van der Waals surface area contributed by atoms with Gasteiger partial charge >= 0.3 is 11.9 Å². The fourth-order valence-corrected chi connectivity index (χ4v) is 3.88. The summed E-state index contributed by atoms with van der Waals surface area (Å²) in [5, 5.41) is 1.23. The molecule has 0 saturated carbocycles. The second-order valence-corrected chi connectivity index (χ2v) is 7.62. The SMILES string of the molecule is CCSc1nc2ccccc2c(OCc2cc(C(=O)OC)ccc2OC)c1C(=O)OC. The van der Waals surface area contributed by atoms with Crippen molar-refractivity contribution in [2.45, 2.75) is 18.6 Å². The van der Waals surface area contributed by atoms with Crippen molar-refractivity contribution in [1.82, 2.24) is 4.98 Å². The Morgan fingerprint density at radius 3 is 2.42 bits per heavy atom. The number of thioether (sulfide) groups is 1. The zero-order valence-corrected chi connectivity index (χ0v) is 18.6. The van der Waals surface area contributed by atoms with Crippen LogP contribution < -0.4 is 9.47 Å². The lowest BCUT2D eigenvalue weighted by Gasteiger charge is -2.17. The first kappa shape index (κ1) is 22.4. The summed E-state index contributed by atoms with van der Waals surface area (Å²) >= 11 is 1.44. The zero-order chi connectivity index (χ0) is 22.4. The number of carbonyl (C=O) groups is 2. The molecule has 1 aromatic heterocycles. The van der Waals surface area contributed by atoms with E-state index in [1.54, 1.807) is 18.2 Å². The molecule has 0 aliphatic carbocycles. The van der Waals surface area contributed by atoms with Gasteiger partial charge in [0.25, 0.3) is 0 Å². The van der Waals surface area contributed by atoms with Gasteiger partial charge in [0.15, 0.2) is 0 Å². The van der Waals surface area contributed by atoms with E-state index in [0.29, 0.717) is 38.6 Å². The molecule has 3 aromatic rings. The highest BCUT2D eigenvalue weighted by atomic mass is 32.2.